The van der Waals surface area contributed by atoms with Crippen molar-refractivity contribution in [2.24, 2.45) is 11.8 Å². The van der Waals surface area contributed by atoms with Gasteiger partial charge in [0.15, 0.2) is 5.78 Å². The van der Waals surface area contributed by atoms with Crippen molar-refractivity contribution in [2.75, 3.05) is 20.1 Å². The molecule has 68 valence electrons. The highest BCUT2D eigenvalue weighted by Gasteiger charge is 2.32. The van der Waals surface area contributed by atoms with Crippen molar-refractivity contribution in [2.45, 2.75) is 13.3 Å². The van der Waals surface area contributed by atoms with Crippen molar-refractivity contribution in [3.63, 3.8) is 0 Å². The number of ketones is 1. The van der Waals surface area contributed by atoms with Crippen molar-refractivity contribution in [3.8, 4) is 0 Å². The Kier molecular flexibility index (Phi) is 3.04. The Morgan fingerprint density at radius 1 is 1.67 bits per heavy atom. The molecule has 1 rings (SSSR count). The Hall–Kier alpha value is -0.630. The molecule has 0 spiro atoms. The molecular weight excluding hydrogens is 150 g/mol. The van der Waals surface area contributed by atoms with Crippen LogP contribution in [0.4, 0.5) is 0 Å². The molecule has 0 aromatic heterocycles. The van der Waals surface area contributed by atoms with E-state index in [1.165, 1.54) is 6.08 Å². The minimum absolute atomic E-state index is 0.206. The van der Waals surface area contributed by atoms with Crippen molar-refractivity contribution < 1.29 is 4.79 Å². The first kappa shape index (κ1) is 9.46. The van der Waals surface area contributed by atoms with Crippen LogP contribution in [0, 0.1) is 11.8 Å². The Morgan fingerprint density at radius 3 is 2.83 bits per heavy atom. The zero-order chi connectivity index (χ0) is 9.14. The largest absolute Gasteiger partial charge is 0.305 e. The van der Waals surface area contributed by atoms with Gasteiger partial charge < -0.3 is 4.90 Å². The number of hydrogen-bond donors (Lipinski definition) is 0. The van der Waals surface area contributed by atoms with Crippen LogP contribution in [-0.4, -0.2) is 30.8 Å². The van der Waals surface area contributed by atoms with Crippen molar-refractivity contribution in [1.82, 2.24) is 4.90 Å². The molecule has 0 bridgehead atoms. The van der Waals surface area contributed by atoms with E-state index < -0.39 is 0 Å². The fourth-order valence-corrected chi connectivity index (χ4v) is 1.97. The van der Waals surface area contributed by atoms with Gasteiger partial charge in [-0.15, -0.1) is 0 Å². The van der Waals surface area contributed by atoms with Gasteiger partial charge in [-0.1, -0.05) is 19.9 Å². The van der Waals surface area contributed by atoms with Crippen LogP contribution in [0.15, 0.2) is 12.7 Å². The molecule has 2 heteroatoms. The smallest absolute Gasteiger partial charge is 0.159 e. The Bertz CT molecular complexity index is 188. The van der Waals surface area contributed by atoms with Crippen LogP contribution < -0.4 is 0 Å². The van der Waals surface area contributed by atoms with Crippen LogP contribution in [-0.2, 0) is 4.79 Å². The number of nitrogens with zero attached hydrogens (tertiary/aromatic N) is 1. The molecule has 0 N–H and O–H groups in total. The SMILES string of the molecule is C=CC(=O)C1CN(C)C[C@H]1CC. The number of hydrogen-bond acceptors (Lipinski definition) is 2. The molecule has 1 aliphatic rings. The summed E-state index contributed by atoms with van der Waals surface area (Å²) in [5, 5.41) is 0. The number of carbonyl (C=O) groups excluding carboxylic acids is 1. The van der Waals surface area contributed by atoms with E-state index in [9.17, 15) is 4.79 Å². The molecule has 0 aromatic rings. The fraction of sp³-hybridized carbons (Fsp3) is 0.700. The van der Waals surface area contributed by atoms with E-state index in [2.05, 4.69) is 25.5 Å². The molecule has 12 heavy (non-hydrogen) atoms. The molecule has 0 saturated carbocycles. The summed E-state index contributed by atoms with van der Waals surface area (Å²) >= 11 is 0. The van der Waals surface area contributed by atoms with Gasteiger partial charge in [0.2, 0.25) is 0 Å². The maximum absolute atomic E-state index is 11.4. The standard InChI is InChI=1S/C10H17NO/c1-4-8-6-11(3)7-9(8)10(12)5-2/h5,8-9H,2,4,6-7H2,1,3H3/t8-,9?/m1/s1. The van der Waals surface area contributed by atoms with Crippen molar-refractivity contribution in [1.29, 1.82) is 0 Å². The van der Waals surface area contributed by atoms with E-state index >= 15 is 0 Å². The molecule has 2 atom stereocenters. The van der Waals surface area contributed by atoms with E-state index in [0.717, 1.165) is 19.5 Å². The van der Waals surface area contributed by atoms with Gasteiger partial charge >= 0.3 is 0 Å². The van der Waals surface area contributed by atoms with Gasteiger partial charge in [0, 0.05) is 19.0 Å². The molecule has 0 amide bonds. The van der Waals surface area contributed by atoms with Crippen LogP contribution in [0.2, 0.25) is 0 Å². The molecule has 1 fully saturated rings. The molecule has 1 saturated heterocycles. The van der Waals surface area contributed by atoms with Gasteiger partial charge in [-0.3, -0.25) is 4.79 Å². The average molecular weight is 167 g/mol. The predicted octanol–water partition coefficient (Wildman–Crippen LogP) is 1.33. The van der Waals surface area contributed by atoms with E-state index in [0.29, 0.717) is 5.92 Å². The van der Waals surface area contributed by atoms with Gasteiger partial charge in [-0.25, -0.2) is 0 Å². The second-order valence-corrected chi connectivity index (χ2v) is 3.60. The third kappa shape index (κ3) is 1.75. The summed E-state index contributed by atoms with van der Waals surface area (Å²) in [6.07, 6.45) is 2.56. The van der Waals surface area contributed by atoms with Gasteiger partial charge in [-0.2, -0.15) is 0 Å². The molecule has 1 unspecified atom stereocenters. The van der Waals surface area contributed by atoms with Gasteiger partial charge in [0.25, 0.3) is 0 Å². The fourth-order valence-electron chi connectivity index (χ4n) is 1.97. The maximum Gasteiger partial charge on any atom is 0.159 e. The van der Waals surface area contributed by atoms with Crippen LogP contribution in [0.3, 0.4) is 0 Å². The van der Waals surface area contributed by atoms with E-state index in [1.54, 1.807) is 0 Å². The minimum atomic E-state index is 0.206. The van der Waals surface area contributed by atoms with Crippen LogP contribution in [0.25, 0.3) is 0 Å². The highest BCUT2D eigenvalue weighted by Crippen LogP contribution is 2.25. The molecule has 1 aliphatic heterocycles. The van der Waals surface area contributed by atoms with E-state index in [1.807, 2.05) is 0 Å². The summed E-state index contributed by atoms with van der Waals surface area (Å²) in [6, 6.07) is 0. The van der Waals surface area contributed by atoms with Gasteiger partial charge in [0.05, 0.1) is 0 Å². The predicted molar refractivity (Wildman–Crippen MR) is 50.0 cm³/mol. The van der Waals surface area contributed by atoms with Crippen LogP contribution in [0.5, 0.6) is 0 Å². The summed E-state index contributed by atoms with van der Waals surface area (Å²) in [5.41, 5.74) is 0. The number of rotatable bonds is 3. The van der Waals surface area contributed by atoms with Gasteiger partial charge in [0.1, 0.15) is 0 Å². The van der Waals surface area contributed by atoms with Crippen molar-refractivity contribution >= 4 is 5.78 Å². The number of carbonyl (C=O) groups is 1. The summed E-state index contributed by atoms with van der Waals surface area (Å²) in [4.78, 5) is 13.6. The lowest BCUT2D eigenvalue weighted by molar-refractivity contribution is -0.118. The minimum Gasteiger partial charge on any atom is -0.305 e. The third-order valence-corrected chi connectivity index (χ3v) is 2.71. The summed E-state index contributed by atoms with van der Waals surface area (Å²) in [6.45, 7) is 7.64. The molecule has 0 aliphatic carbocycles. The van der Waals surface area contributed by atoms with E-state index in [-0.39, 0.29) is 11.7 Å². The monoisotopic (exact) mass is 167 g/mol. The molecule has 2 nitrogen and oxygen atoms in total. The number of likely N-dealkylation sites (tertiary alicyclic amines) is 1. The van der Waals surface area contributed by atoms with Crippen molar-refractivity contribution in [3.05, 3.63) is 12.7 Å². The zero-order valence-corrected chi connectivity index (χ0v) is 7.92. The lowest BCUT2D eigenvalue weighted by Crippen LogP contribution is -2.20. The average Bonchev–Trinajstić information content (AvgIpc) is 2.45. The highest BCUT2D eigenvalue weighted by molar-refractivity contribution is 5.91. The summed E-state index contributed by atoms with van der Waals surface area (Å²) in [5.74, 6) is 0.962. The highest BCUT2D eigenvalue weighted by atomic mass is 16.1. The third-order valence-electron chi connectivity index (χ3n) is 2.71. The first-order chi connectivity index (χ1) is 5.69. The normalized spacial score (nSPS) is 30.5. The second-order valence-electron chi connectivity index (χ2n) is 3.60. The first-order valence-corrected chi connectivity index (χ1v) is 4.53. The molecule has 1 heterocycles. The summed E-state index contributed by atoms with van der Waals surface area (Å²) in [7, 11) is 2.07. The van der Waals surface area contributed by atoms with E-state index in [4.69, 9.17) is 0 Å². The van der Waals surface area contributed by atoms with Crippen LogP contribution in [0.1, 0.15) is 13.3 Å². The second kappa shape index (κ2) is 3.85. The zero-order valence-electron chi connectivity index (χ0n) is 7.92. The topological polar surface area (TPSA) is 20.3 Å². The number of allylic oxidation sites excluding steroid dienone is 1. The molecule has 0 radical (unpaired) electrons. The van der Waals surface area contributed by atoms with Gasteiger partial charge in [-0.05, 0) is 19.0 Å². The Labute approximate surface area is 74.2 Å². The maximum atomic E-state index is 11.4. The first-order valence-electron chi connectivity index (χ1n) is 4.53. The lowest BCUT2D eigenvalue weighted by Gasteiger charge is -2.12. The Morgan fingerprint density at radius 2 is 2.33 bits per heavy atom. The lowest BCUT2D eigenvalue weighted by atomic mass is 9.90. The summed E-state index contributed by atoms with van der Waals surface area (Å²) < 4.78 is 0. The Balaban J connectivity index is 2.63. The quantitative estimate of drug-likeness (QED) is 0.591. The van der Waals surface area contributed by atoms with Crippen LogP contribution >= 0.6 is 0 Å². The molecule has 0 aromatic carbocycles. The molecular formula is C10H17NO.